The smallest absolute Gasteiger partial charge is 0.205 e. The Morgan fingerprint density at radius 2 is 1.96 bits per heavy atom. The minimum absolute atomic E-state index is 0.00553. The largest absolute Gasteiger partial charge is 0.397 e. The van der Waals surface area contributed by atoms with Gasteiger partial charge in [-0.25, -0.2) is 4.98 Å². The molecule has 4 heteroatoms. The van der Waals surface area contributed by atoms with Crippen molar-refractivity contribution in [2.75, 3.05) is 5.73 Å². The minimum Gasteiger partial charge on any atom is -0.397 e. The van der Waals surface area contributed by atoms with E-state index in [4.69, 9.17) is 10.7 Å². The third kappa shape index (κ3) is 2.42. The molecule has 2 heterocycles. The molecule has 3 aromatic rings. The third-order valence-corrected chi connectivity index (χ3v) is 5.95. The van der Waals surface area contributed by atoms with Crippen LogP contribution in [0, 0.1) is 13.8 Å². The van der Waals surface area contributed by atoms with Crippen molar-refractivity contribution in [1.82, 2.24) is 4.98 Å². The zero-order valence-corrected chi connectivity index (χ0v) is 14.8. The van der Waals surface area contributed by atoms with Gasteiger partial charge in [-0.2, -0.15) is 0 Å². The fraction of sp³-hybridized carbons (Fsp3) is 0.300. The highest BCUT2D eigenvalue weighted by molar-refractivity contribution is 7.21. The van der Waals surface area contributed by atoms with Gasteiger partial charge < -0.3 is 5.73 Å². The van der Waals surface area contributed by atoms with Gasteiger partial charge in [0.2, 0.25) is 5.78 Å². The number of nitrogens with zero attached hydrogens (tertiary/aromatic N) is 1. The average molecular weight is 336 g/mol. The number of aromatic nitrogens is 1. The number of fused-ring (bicyclic) bond motifs is 2. The van der Waals surface area contributed by atoms with E-state index in [-0.39, 0.29) is 5.78 Å². The van der Waals surface area contributed by atoms with E-state index in [1.807, 2.05) is 32.0 Å². The van der Waals surface area contributed by atoms with Gasteiger partial charge in [0.1, 0.15) is 9.71 Å². The second-order valence-electron chi connectivity index (χ2n) is 6.65. The fourth-order valence-corrected chi connectivity index (χ4v) is 4.57. The van der Waals surface area contributed by atoms with E-state index in [2.05, 4.69) is 6.07 Å². The molecule has 122 valence electrons. The Kier molecular flexibility index (Phi) is 3.65. The maximum absolute atomic E-state index is 13.0. The average Bonchev–Trinajstić information content (AvgIpc) is 2.88. The second kappa shape index (κ2) is 5.71. The molecule has 24 heavy (non-hydrogen) atoms. The first-order chi connectivity index (χ1) is 11.5. The van der Waals surface area contributed by atoms with Crippen LogP contribution >= 0.6 is 11.3 Å². The molecule has 2 N–H and O–H groups in total. The summed E-state index contributed by atoms with van der Waals surface area (Å²) in [5.74, 6) is 0.00553. The summed E-state index contributed by atoms with van der Waals surface area (Å²) in [6.07, 6.45) is 4.50. The number of pyridine rings is 1. The molecule has 0 saturated heterocycles. The van der Waals surface area contributed by atoms with Crippen molar-refractivity contribution in [1.29, 1.82) is 0 Å². The Morgan fingerprint density at radius 3 is 2.75 bits per heavy atom. The minimum atomic E-state index is 0.00553. The Hall–Kier alpha value is -2.20. The van der Waals surface area contributed by atoms with Crippen molar-refractivity contribution in [3.05, 3.63) is 57.1 Å². The van der Waals surface area contributed by atoms with Gasteiger partial charge in [-0.15, -0.1) is 11.3 Å². The number of ketones is 1. The van der Waals surface area contributed by atoms with Gasteiger partial charge in [0.15, 0.2) is 0 Å². The summed E-state index contributed by atoms with van der Waals surface area (Å²) in [5, 5.41) is 0.939. The van der Waals surface area contributed by atoms with Gasteiger partial charge >= 0.3 is 0 Å². The number of thiophene rings is 1. The van der Waals surface area contributed by atoms with Crippen LogP contribution in [0.25, 0.3) is 10.2 Å². The molecule has 1 aliphatic rings. The Bertz CT molecular complexity index is 971. The molecule has 0 unspecified atom stereocenters. The highest BCUT2D eigenvalue weighted by Crippen LogP contribution is 2.37. The number of carbonyl (C=O) groups is 1. The fourth-order valence-electron chi connectivity index (χ4n) is 3.52. The maximum Gasteiger partial charge on any atom is 0.205 e. The van der Waals surface area contributed by atoms with E-state index in [9.17, 15) is 4.79 Å². The number of aryl methyl sites for hydroxylation is 4. The Labute approximate surface area is 145 Å². The van der Waals surface area contributed by atoms with Gasteiger partial charge in [-0.05, 0) is 56.7 Å². The molecule has 4 rings (SSSR count). The highest BCUT2D eigenvalue weighted by Gasteiger charge is 2.22. The van der Waals surface area contributed by atoms with Gasteiger partial charge in [0.25, 0.3) is 0 Å². The molecule has 0 aliphatic heterocycles. The predicted molar refractivity (Wildman–Crippen MR) is 100 cm³/mol. The van der Waals surface area contributed by atoms with E-state index in [0.717, 1.165) is 39.7 Å². The standard InChI is InChI=1S/C20H20N2OS/c1-11-7-8-14(12(2)9-11)18(23)19-17(21)15-10-13-5-3-4-6-16(13)22-20(15)24-19/h7-10H,3-6,21H2,1-2H3. The van der Waals surface area contributed by atoms with Gasteiger partial charge in [0.05, 0.1) is 5.69 Å². The number of hydrogen-bond donors (Lipinski definition) is 1. The zero-order valence-electron chi connectivity index (χ0n) is 14.0. The first kappa shape index (κ1) is 15.3. The van der Waals surface area contributed by atoms with E-state index < -0.39 is 0 Å². The number of rotatable bonds is 2. The van der Waals surface area contributed by atoms with Crippen LogP contribution < -0.4 is 5.73 Å². The van der Waals surface area contributed by atoms with Crippen molar-refractivity contribution in [3.63, 3.8) is 0 Å². The van der Waals surface area contributed by atoms with Crippen molar-refractivity contribution in [3.8, 4) is 0 Å². The molecule has 1 aromatic carbocycles. The van der Waals surface area contributed by atoms with E-state index in [1.54, 1.807) is 0 Å². The number of hydrogen-bond acceptors (Lipinski definition) is 4. The summed E-state index contributed by atoms with van der Waals surface area (Å²) in [4.78, 5) is 19.3. The lowest BCUT2D eigenvalue weighted by molar-refractivity contribution is 0.104. The van der Waals surface area contributed by atoms with Crippen molar-refractivity contribution < 1.29 is 4.79 Å². The zero-order chi connectivity index (χ0) is 16.8. The topological polar surface area (TPSA) is 56.0 Å². The summed E-state index contributed by atoms with van der Waals surface area (Å²) < 4.78 is 0. The summed E-state index contributed by atoms with van der Waals surface area (Å²) in [5.41, 5.74) is 12.3. The molecule has 3 nitrogen and oxygen atoms in total. The van der Waals surface area contributed by atoms with Crippen LogP contribution in [0.4, 0.5) is 5.69 Å². The van der Waals surface area contributed by atoms with Crippen LogP contribution in [-0.4, -0.2) is 10.8 Å². The molecule has 0 saturated carbocycles. The number of benzene rings is 1. The summed E-state index contributed by atoms with van der Waals surface area (Å²) in [7, 11) is 0. The van der Waals surface area contributed by atoms with Crippen LogP contribution in [-0.2, 0) is 12.8 Å². The molecule has 0 bridgehead atoms. The van der Waals surface area contributed by atoms with Crippen molar-refractivity contribution in [2.45, 2.75) is 39.5 Å². The van der Waals surface area contributed by atoms with Gasteiger partial charge in [-0.3, -0.25) is 4.79 Å². The van der Waals surface area contributed by atoms with E-state index >= 15 is 0 Å². The quantitative estimate of drug-likeness (QED) is 0.696. The highest BCUT2D eigenvalue weighted by atomic mass is 32.1. The molecule has 0 fully saturated rings. The van der Waals surface area contributed by atoms with Crippen LogP contribution in [0.3, 0.4) is 0 Å². The lowest BCUT2D eigenvalue weighted by atomic mass is 9.95. The number of anilines is 1. The molecule has 1 aliphatic carbocycles. The Morgan fingerprint density at radius 1 is 1.17 bits per heavy atom. The van der Waals surface area contributed by atoms with Crippen LogP contribution in [0.15, 0.2) is 24.3 Å². The predicted octanol–water partition coefficient (Wildman–Crippen LogP) is 4.61. The monoisotopic (exact) mass is 336 g/mol. The molecule has 0 atom stereocenters. The maximum atomic E-state index is 13.0. The molecule has 2 aromatic heterocycles. The second-order valence-corrected chi connectivity index (χ2v) is 7.65. The molecular formula is C20H20N2OS. The molecule has 0 radical (unpaired) electrons. The lowest BCUT2D eigenvalue weighted by Crippen LogP contribution is -2.05. The summed E-state index contributed by atoms with van der Waals surface area (Å²) in [6.45, 7) is 4.00. The van der Waals surface area contributed by atoms with Crippen LogP contribution in [0.1, 0.15) is 50.5 Å². The summed E-state index contributed by atoms with van der Waals surface area (Å²) in [6, 6.07) is 8.06. The summed E-state index contributed by atoms with van der Waals surface area (Å²) >= 11 is 1.43. The number of nitrogens with two attached hydrogens (primary N) is 1. The lowest BCUT2D eigenvalue weighted by Gasteiger charge is -2.14. The van der Waals surface area contributed by atoms with Crippen LogP contribution in [0.5, 0.6) is 0 Å². The van der Waals surface area contributed by atoms with Crippen molar-refractivity contribution >= 4 is 33.0 Å². The van der Waals surface area contributed by atoms with E-state index in [1.165, 1.54) is 35.4 Å². The first-order valence-electron chi connectivity index (χ1n) is 8.37. The van der Waals surface area contributed by atoms with Gasteiger partial charge in [-0.1, -0.05) is 23.8 Å². The molecule has 0 spiro atoms. The Balaban J connectivity index is 1.84. The van der Waals surface area contributed by atoms with E-state index in [0.29, 0.717) is 10.6 Å². The molecular weight excluding hydrogens is 316 g/mol. The normalized spacial score (nSPS) is 13.9. The first-order valence-corrected chi connectivity index (χ1v) is 9.19. The number of carbonyl (C=O) groups excluding carboxylic acids is 1. The van der Waals surface area contributed by atoms with Gasteiger partial charge in [0, 0.05) is 16.6 Å². The third-order valence-electron chi connectivity index (χ3n) is 4.83. The van der Waals surface area contributed by atoms with Crippen LogP contribution in [0.2, 0.25) is 0 Å². The molecule has 0 amide bonds. The number of nitrogen functional groups attached to an aromatic ring is 1. The van der Waals surface area contributed by atoms with Crippen molar-refractivity contribution in [2.24, 2.45) is 0 Å². The SMILES string of the molecule is Cc1ccc(C(=O)c2sc3nc4c(cc3c2N)CCCC4)c(C)c1.